The maximum atomic E-state index is 12.7. The molecule has 1 saturated carbocycles. The highest BCUT2D eigenvalue weighted by Gasteiger charge is 2.33. The molecule has 1 fully saturated rings. The highest BCUT2D eigenvalue weighted by molar-refractivity contribution is 14.1. The molecular formula is C15H13ClINO2. The molecule has 0 aliphatic heterocycles. The number of nitrogens with zero attached hydrogens (tertiary/aromatic N) is 1. The van der Waals surface area contributed by atoms with Gasteiger partial charge in [0, 0.05) is 15.2 Å². The molecular weight excluding hydrogens is 389 g/mol. The van der Waals surface area contributed by atoms with E-state index in [1.807, 2.05) is 23.1 Å². The Kier molecular flexibility index (Phi) is 4.03. The van der Waals surface area contributed by atoms with Crippen LogP contribution in [-0.2, 0) is 6.54 Å². The van der Waals surface area contributed by atoms with E-state index >= 15 is 0 Å². The van der Waals surface area contributed by atoms with Gasteiger partial charge in [0.15, 0.2) is 0 Å². The van der Waals surface area contributed by atoms with Gasteiger partial charge in [0.05, 0.1) is 17.8 Å². The molecule has 104 valence electrons. The van der Waals surface area contributed by atoms with Crippen molar-refractivity contribution in [2.75, 3.05) is 0 Å². The Labute approximate surface area is 136 Å². The normalized spacial score (nSPS) is 14.3. The second kappa shape index (κ2) is 5.77. The lowest BCUT2D eigenvalue weighted by atomic mass is 10.2. The predicted octanol–water partition coefficient (Wildman–Crippen LogP) is 4.34. The van der Waals surface area contributed by atoms with Crippen LogP contribution >= 0.6 is 34.2 Å². The fourth-order valence-corrected chi connectivity index (χ4v) is 2.75. The summed E-state index contributed by atoms with van der Waals surface area (Å²) in [5, 5.41) is 0.672. The molecule has 5 heteroatoms. The molecule has 1 aliphatic rings. The van der Waals surface area contributed by atoms with Crippen LogP contribution in [0.5, 0.6) is 0 Å². The third-order valence-corrected chi connectivity index (χ3v) is 4.86. The molecule has 0 saturated heterocycles. The van der Waals surface area contributed by atoms with Crippen LogP contribution in [0, 0.1) is 3.57 Å². The summed E-state index contributed by atoms with van der Waals surface area (Å²) < 4.78 is 6.25. The molecule has 1 aromatic heterocycles. The standard InChI is InChI=1S/C15H13ClINO2/c16-13-6-3-10(8-14(13)17)15(19)18(11-4-5-11)9-12-2-1-7-20-12/h1-3,6-8,11H,4-5,9H2. The van der Waals surface area contributed by atoms with Crippen LogP contribution in [0.1, 0.15) is 29.0 Å². The number of carbonyl (C=O) groups excluding carboxylic acids is 1. The lowest BCUT2D eigenvalue weighted by molar-refractivity contribution is 0.0717. The van der Waals surface area contributed by atoms with Crippen LogP contribution < -0.4 is 0 Å². The minimum absolute atomic E-state index is 0.0403. The zero-order valence-corrected chi connectivity index (χ0v) is 13.6. The fraction of sp³-hybridized carbons (Fsp3) is 0.267. The zero-order valence-electron chi connectivity index (χ0n) is 10.7. The number of rotatable bonds is 4. The van der Waals surface area contributed by atoms with E-state index in [-0.39, 0.29) is 5.91 Å². The third-order valence-electron chi connectivity index (χ3n) is 3.32. The van der Waals surface area contributed by atoms with Crippen molar-refractivity contribution in [3.05, 3.63) is 56.5 Å². The van der Waals surface area contributed by atoms with Gasteiger partial charge in [-0.2, -0.15) is 0 Å². The number of hydrogen-bond acceptors (Lipinski definition) is 2. The maximum Gasteiger partial charge on any atom is 0.254 e. The molecule has 20 heavy (non-hydrogen) atoms. The first-order valence-corrected chi connectivity index (χ1v) is 7.89. The molecule has 1 aliphatic carbocycles. The Hall–Kier alpha value is -1.01. The summed E-state index contributed by atoms with van der Waals surface area (Å²) in [7, 11) is 0. The monoisotopic (exact) mass is 401 g/mol. The summed E-state index contributed by atoms with van der Waals surface area (Å²) in [4.78, 5) is 14.5. The van der Waals surface area contributed by atoms with E-state index in [0.717, 1.165) is 22.2 Å². The predicted molar refractivity (Wildman–Crippen MR) is 85.8 cm³/mol. The fourth-order valence-electron chi connectivity index (χ4n) is 2.12. The van der Waals surface area contributed by atoms with E-state index < -0.39 is 0 Å². The highest BCUT2D eigenvalue weighted by atomic mass is 127. The number of amides is 1. The molecule has 0 unspecified atom stereocenters. The maximum absolute atomic E-state index is 12.7. The molecule has 0 spiro atoms. The second-order valence-corrected chi connectivity index (χ2v) is 6.44. The molecule has 0 atom stereocenters. The van der Waals surface area contributed by atoms with Gasteiger partial charge in [0.1, 0.15) is 5.76 Å². The van der Waals surface area contributed by atoms with Gasteiger partial charge < -0.3 is 9.32 Å². The van der Waals surface area contributed by atoms with Gasteiger partial charge in [0.2, 0.25) is 0 Å². The van der Waals surface area contributed by atoms with Gasteiger partial charge in [-0.3, -0.25) is 4.79 Å². The van der Waals surface area contributed by atoms with Crippen molar-refractivity contribution in [3.8, 4) is 0 Å². The van der Waals surface area contributed by atoms with Crippen molar-refractivity contribution in [2.24, 2.45) is 0 Å². The molecule has 2 aromatic rings. The van der Waals surface area contributed by atoms with E-state index in [1.54, 1.807) is 18.4 Å². The van der Waals surface area contributed by atoms with Gasteiger partial charge in [-0.25, -0.2) is 0 Å². The molecule has 1 heterocycles. The summed E-state index contributed by atoms with van der Waals surface area (Å²) in [5.41, 5.74) is 0.678. The van der Waals surface area contributed by atoms with E-state index in [1.165, 1.54) is 0 Å². The Morgan fingerprint density at radius 2 is 2.20 bits per heavy atom. The van der Waals surface area contributed by atoms with Crippen LogP contribution in [0.2, 0.25) is 5.02 Å². The van der Waals surface area contributed by atoms with Crippen LogP contribution in [-0.4, -0.2) is 16.8 Å². The van der Waals surface area contributed by atoms with Gasteiger partial charge in [-0.05, 0) is 65.8 Å². The number of furan rings is 1. The van der Waals surface area contributed by atoms with Gasteiger partial charge >= 0.3 is 0 Å². The summed E-state index contributed by atoms with van der Waals surface area (Å²) in [5.74, 6) is 0.854. The Balaban J connectivity index is 1.83. The summed E-state index contributed by atoms with van der Waals surface area (Å²) in [6.45, 7) is 0.524. The van der Waals surface area contributed by atoms with Gasteiger partial charge in [0.25, 0.3) is 5.91 Å². The Morgan fingerprint density at radius 1 is 1.40 bits per heavy atom. The topological polar surface area (TPSA) is 33.5 Å². The zero-order chi connectivity index (χ0) is 14.1. The third kappa shape index (κ3) is 3.01. The smallest absolute Gasteiger partial charge is 0.254 e. The largest absolute Gasteiger partial charge is 0.467 e. The number of carbonyl (C=O) groups is 1. The number of halogens is 2. The summed E-state index contributed by atoms with van der Waals surface area (Å²) in [6.07, 6.45) is 3.77. The Morgan fingerprint density at radius 3 is 2.80 bits per heavy atom. The molecule has 0 bridgehead atoms. The molecule has 1 aromatic carbocycles. The SMILES string of the molecule is O=C(c1ccc(Cl)c(I)c1)N(Cc1ccco1)C1CC1. The van der Waals surface area contributed by atoms with Crippen LogP contribution in [0.3, 0.4) is 0 Å². The summed E-state index contributed by atoms with van der Waals surface area (Å²) in [6, 6.07) is 9.47. The number of benzene rings is 1. The van der Waals surface area contributed by atoms with Crippen molar-refractivity contribution >= 4 is 40.1 Å². The van der Waals surface area contributed by atoms with Gasteiger partial charge in [-0.15, -0.1) is 0 Å². The van der Waals surface area contributed by atoms with Crippen LogP contribution in [0.15, 0.2) is 41.0 Å². The number of hydrogen-bond donors (Lipinski definition) is 0. The molecule has 0 radical (unpaired) electrons. The van der Waals surface area contributed by atoms with Gasteiger partial charge in [-0.1, -0.05) is 11.6 Å². The Bertz CT molecular complexity index is 623. The van der Waals surface area contributed by atoms with E-state index in [9.17, 15) is 4.79 Å². The minimum atomic E-state index is 0.0403. The van der Waals surface area contributed by atoms with E-state index in [2.05, 4.69) is 22.6 Å². The van der Waals surface area contributed by atoms with Crippen molar-refractivity contribution in [1.82, 2.24) is 4.90 Å². The van der Waals surface area contributed by atoms with Crippen LogP contribution in [0.25, 0.3) is 0 Å². The lowest BCUT2D eigenvalue weighted by Crippen LogP contribution is -2.32. The van der Waals surface area contributed by atoms with E-state index in [0.29, 0.717) is 23.2 Å². The molecule has 3 nitrogen and oxygen atoms in total. The van der Waals surface area contributed by atoms with Crippen molar-refractivity contribution in [2.45, 2.75) is 25.4 Å². The first-order chi connectivity index (χ1) is 9.65. The molecule has 3 rings (SSSR count). The van der Waals surface area contributed by atoms with Crippen molar-refractivity contribution < 1.29 is 9.21 Å². The average Bonchev–Trinajstić information content (AvgIpc) is 3.15. The van der Waals surface area contributed by atoms with Crippen LogP contribution in [0.4, 0.5) is 0 Å². The quantitative estimate of drug-likeness (QED) is 0.714. The average molecular weight is 402 g/mol. The summed E-state index contributed by atoms with van der Waals surface area (Å²) >= 11 is 8.15. The van der Waals surface area contributed by atoms with E-state index in [4.69, 9.17) is 16.0 Å². The minimum Gasteiger partial charge on any atom is -0.467 e. The van der Waals surface area contributed by atoms with Crippen molar-refractivity contribution in [1.29, 1.82) is 0 Å². The molecule has 0 N–H and O–H groups in total. The second-order valence-electron chi connectivity index (χ2n) is 4.87. The molecule has 1 amide bonds. The lowest BCUT2D eigenvalue weighted by Gasteiger charge is -2.21. The van der Waals surface area contributed by atoms with Crippen molar-refractivity contribution in [3.63, 3.8) is 0 Å². The highest BCUT2D eigenvalue weighted by Crippen LogP contribution is 2.30. The first kappa shape index (κ1) is 13.9. The first-order valence-electron chi connectivity index (χ1n) is 6.43.